The van der Waals surface area contributed by atoms with E-state index in [-0.39, 0.29) is 12.2 Å². The van der Waals surface area contributed by atoms with Gasteiger partial charge in [0.15, 0.2) is 0 Å². The van der Waals surface area contributed by atoms with Gasteiger partial charge in [-0.3, -0.25) is 0 Å². The smallest absolute Gasteiger partial charge is 0.351 e. The van der Waals surface area contributed by atoms with Crippen molar-refractivity contribution in [2.75, 3.05) is 6.61 Å². The third kappa shape index (κ3) is 2.14. The van der Waals surface area contributed by atoms with Crippen LogP contribution in [0.3, 0.4) is 0 Å². The summed E-state index contributed by atoms with van der Waals surface area (Å²) < 4.78 is 12.1. The normalized spacial score (nSPS) is 11.1. The molecule has 0 saturated heterocycles. The number of carbonyl (C=O) groups is 1. The van der Waals surface area contributed by atoms with Crippen LogP contribution in [0.1, 0.15) is 17.3 Å². The molecule has 0 aliphatic heterocycles. The zero-order valence-corrected chi connectivity index (χ0v) is 12.8. The third-order valence-corrected chi connectivity index (χ3v) is 4.46. The van der Waals surface area contributed by atoms with E-state index in [2.05, 4.69) is 15.9 Å². The number of fused-ring (bicyclic) bond motifs is 3. The Morgan fingerprint density at radius 2 is 2.20 bits per heavy atom. The van der Waals surface area contributed by atoms with Gasteiger partial charge >= 0.3 is 11.6 Å². The van der Waals surface area contributed by atoms with Gasteiger partial charge < -0.3 is 9.15 Å². The Bertz CT molecular complexity index is 878. The Labute approximate surface area is 126 Å². The van der Waals surface area contributed by atoms with Gasteiger partial charge in [0.2, 0.25) is 0 Å². The molecule has 0 radical (unpaired) electrons. The van der Waals surface area contributed by atoms with Crippen LogP contribution < -0.4 is 5.63 Å². The van der Waals surface area contributed by atoms with Crippen LogP contribution in [0.2, 0.25) is 0 Å². The molecule has 0 N–H and O–H groups in total. The highest BCUT2D eigenvalue weighted by Crippen LogP contribution is 2.34. The lowest BCUT2D eigenvalue weighted by atomic mass is 10.1. The van der Waals surface area contributed by atoms with Crippen LogP contribution in [0.25, 0.3) is 21.1 Å². The van der Waals surface area contributed by atoms with Gasteiger partial charge in [-0.1, -0.05) is 0 Å². The molecule has 0 saturated carbocycles. The molecule has 6 heteroatoms. The fraction of sp³-hybridized carbons (Fsp3) is 0.143. The lowest BCUT2D eigenvalue weighted by Crippen LogP contribution is -2.16. The van der Waals surface area contributed by atoms with E-state index in [0.29, 0.717) is 11.0 Å². The van der Waals surface area contributed by atoms with Crippen LogP contribution in [-0.2, 0) is 4.74 Å². The molecular formula is C14H9BrO4S. The predicted octanol–water partition coefficient (Wildman–Crippen LogP) is 3.95. The summed E-state index contributed by atoms with van der Waals surface area (Å²) in [6.45, 7) is 1.90. The number of thiophene rings is 1. The van der Waals surface area contributed by atoms with Gasteiger partial charge in [0.1, 0.15) is 11.1 Å². The quantitative estimate of drug-likeness (QED) is 0.517. The third-order valence-electron chi connectivity index (χ3n) is 2.86. The summed E-state index contributed by atoms with van der Waals surface area (Å²) in [5.74, 6) is -0.658. The predicted molar refractivity (Wildman–Crippen MR) is 81.5 cm³/mol. The lowest BCUT2D eigenvalue weighted by Gasteiger charge is -2.02. The first kappa shape index (κ1) is 13.3. The molecule has 0 fully saturated rings. The maximum Gasteiger partial charge on any atom is 0.351 e. The summed E-state index contributed by atoms with van der Waals surface area (Å²) in [7, 11) is 0. The van der Waals surface area contributed by atoms with Gasteiger partial charge in [-0.05, 0) is 47.1 Å². The van der Waals surface area contributed by atoms with Crippen molar-refractivity contribution in [3.63, 3.8) is 0 Å². The number of carbonyl (C=O) groups excluding carboxylic acids is 1. The second kappa shape index (κ2) is 5.03. The molecule has 0 atom stereocenters. The van der Waals surface area contributed by atoms with E-state index >= 15 is 0 Å². The topological polar surface area (TPSA) is 56.5 Å². The van der Waals surface area contributed by atoms with Gasteiger partial charge in [-0.15, -0.1) is 11.3 Å². The minimum absolute atomic E-state index is 0.0759. The fourth-order valence-corrected chi connectivity index (χ4v) is 3.55. The molecule has 3 rings (SSSR count). The van der Waals surface area contributed by atoms with Crippen molar-refractivity contribution in [3.05, 3.63) is 44.0 Å². The summed E-state index contributed by atoms with van der Waals surface area (Å²) in [4.78, 5) is 23.6. The fourth-order valence-electron chi connectivity index (χ4n) is 2.01. The molecule has 0 unspecified atom stereocenters. The SMILES string of the molecule is CCOC(=O)c1cc2ccc3sc(Br)cc3c2oc1=O. The first-order valence-electron chi connectivity index (χ1n) is 5.93. The highest BCUT2D eigenvalue weighted by molar-refractivity contribution is 9.11. The van der Waals surface area contributed by atoms with Crippen LogP contribution in [0.5, 0.6) is 0 Å². The number of esters is 1. The molecule has 0 amide bonds. The number of ether oxygens (including phenoxy) is 1. The summed E-state index contributed by atoms with van der Waals surface area (Å²) in [6, 6.07) is 7.17. The van der Waals surface area contributed by atoms with Gasteiger partial charge in [-0.25, -0.2) is 9.59 Å². The Kier molecular flexibility index (Phi) is 3.35. The van der Waals surface area contributed by atoms with Crippen molar-refractivity contribution in [1.29, 1.82) is 0 Å². The van der Waals surface area contributed by atoms with E-state index in [4.69, 9.17) is 9.15 Å². The minimum atomic E-state index is -0.675. The second-order valence-electron chi connectivity index (χ2n) is 4.11. The maximum atomic E-state index is 11.9. The lowest BCUT2D eigenvalue weighted by molar-refractivity contribution is 0.0522. The van der Waals surface area contributed by atoms with E-state index in [1.807, 2.05) is 18.2 Å². The molecule has 20 heavy (non-hydrogen) atoms. The number of benzene rings is 1. The van der Waals surface area contributed by atoms with Crippen LogP contribution in [0, 0.1) is 0 Å². The molecule has 0 bridgehead atoms. The van der Waals surface area contributed by atoms with E-state index in [9.17, 15) is 9.59 Å². The Balaban J connectivity index is 2.29. The average molecular weight is 353 g/mol. The molecule has 4 nitrogen and oxygen atoms in total. The monoisotopic (exact) mass is 352 g/mol. The van der Waals surface area contributed by atoms with Crippen LogP contribution >= 0.6 is 27.3 Å². The Morgan fingerprint density at radius 3 is 2.95 bits per heavy atom. The van der Waals surface area contributed by atoms with Crippen molar-refractivity contribution in [2.45, 2.75) is 6.92 Å². The summed E-state index contributed by atoms with van der Waals surface area (Å²) in [5, 5.41) is 1.55. The summed E-state index contributed by atoms with van der Waals surface area (Å²) in [5.41, 5.74) is -0.263. The maximum absolute atomic E-state index is 11.9. The van der Waals surface area contributed by atoms with Crippen molar-refractivity contribution in [2.24, 2.45) is 0 Å². The first-order valence-corrected chi connectivity index (χ1v) is 7.54. The summed E-state index contributed by atoms with van der Waals surface area (Å²) >= 11 is 4.97. The summed E-state index contributed by atoms with van der Waals surface area (Å²) in [6.07, 6.45) is 0. The van der Waals surface area contributed by atoms with Crippen LogP contribution in [-0.4, -0.2) is 12.6 Å². The molecule has 2 heterocycles. The highest BCUT2D eigenvalue weighted by Gasteiger charge is 2.16. The first-order chi connectivity index (χ1) is 9.60. The highest BCUT2D eigenvalue weighted by atomic mass is 79.9. The molecular weight excluding hydrogens is 344 g/mol. The van der Waals surface area contributed by atoms with Crippen molar-refractivity contribution in [3.8, 4) is 0 Å². The van der Waals surface area contributed by atoms with Gasteiger partial charge in [0.05, 0.1) is 10.4 Å². The average Bonchev–Trinajstić information content (AvgIpc) is 2.79. The second-order valence-corrected chi connectivity index (χ2v) is 6.58. The van der Waals surface area contributed by atoms with Crippen LogP contribution in [0.15, 0.2) is 37.3 Å². The molecule has 3 aromatic rings. The molecule has 0 aliphatic carbocycles. The molecule has 0 spiro atoms. The number of hydrogen-bond donors (Lipinski definition) is 0. The number of rotatable bonds is 2. The molecule has 102 valence electrons. The number of halogens is 1. The van der Waals surface area contributed by atoms with Crippen LogP contribution in [0.4, 0.5) is 0 Å². The molecule has 0 aliphatic rings. The zero-order chi connectivity index (χ0) is 14.3. The number of hydrogen-bond acceptors (Lipinski definition) is 5. The van der Waals surface area contributed by atoms with E-state index in [0.717, 1.165) is 13.9 Å². The largest absolute Gasteiger partial charge is 0.462 e. The van der Waals surface area contributed by atoms with E-state index in [1.165, 1.54) is 6.07 Å². The van der Waals surface area contributed by atoms with E-state index < -0.39 is 11.6 Å². The standard InChI is InChI=1S/C14H9BrO4S/c1-2-18-13(16)9-5-7-3-4-10-8(6-11(15)20-10)12(7)19-14(9)17/h3-6H,2H2,1H3. The minimum Gasteiger partial charge on any atom is -0.462 e. The van der Waals surface area contributed by atoms with Crippen molar-refractivity contribution in [1.82, 2.24) is 0 Å². The Morgan fingerprint density at radius 1 is 1.40 bits per heavy atom. The van der Waals surface area contributed by atoms with E-state index in [1.54, 1.807) is 18.3 Å². The van der Waals surface area contributed by atoms with Crippen molar-refractivity contribution >= 4 is 54.3 Å². The zero-order valence-electron chi connectivity index (χ0n) is 10.4. The molecule has 1 aromatic carbocycles. The van der Waals surface area contributed by atoms with Gasteiger partial charge in [0.25, 0.3) is 0 Å². The van der Waals surface area contributed by atoms with Gasteiger partial charge in [-0.2, -0.15) is 0 Å². The van der Waals surface area contributed by atoms with Gasteiger partial charge in [0, 0.05) is 15.5 Å². The molecule has 2 aromatic heterocycles. The Hall–Kier alpha value is -1.66. The van der Waals surface area contributed by atoms with Crippen molar-refractivity contribution < 1.29 is 13.9 Å².